The van der Waals surface area contributed by atoms with Crippen molar-refractivity contribution in [3.8, 4) is 0 Å². The van der Waals surface area contributed by atoms with Crippen LogP contribution in [0, 0.1) is 5.41 Å². The second kappa shape index (κ2) is 5.05. The first-order valence-corrected chi connectivity index (χ1v) is 7.07. The number of piperidine rings is 1. The smallest absolute Gasteiger partial charge is 0.00940 e. The molecule has 94 valence electrons. The molecule has 2 aliphatic rings. The standard InChI is InChI=1S/C14H28N2/c1-4-16-9-6-12(7-10-16)15-13-5-8-14(2,3)11-13/h12-13,15H,4-11H2,1-3H3. The van der Waals surface area contributed by atoms with Crippen LogP contribution in [0.15, 0.2) is 0 Å². The van der Waals surface area contributed by atoms with Crippen LogP contribution in [0.2, 0.25) is 0 Å². The van der Waals surface area contributed by atoms with Gasteiger partial charge in [0.25, 0.3) is 0 Å². The van der Waals surface area contributed by atoms with Crippen molar-refractivity contribution in [2.24, 2.45) is 5.41 Å². The van der Waals surface area contributed by atoms with Gasteiger partial charge in [-0.3, -0.25) is 0 Å². The van der Waals surface area contributed by atoms with Gasteiger partial charge in [0.15, 0.2) is 0 Å². The molecule has 1 atom stereocenters. The van der Waals surface area contributed by atoms with Gasteiger partial charge in [0.05, 0.1) is 0 Å². The van der Waals surface area contributed by atoms with Gasteiger partial charge in [0, 0.05) is 12.1 Å². The lowest BCUT2D eigenvalue weighted by atomic mass is 9.91. The summed E-state index contributed by atoms with van der Waals surface area (Å²) in [6.45, 7) is 10.9. The molecule has 0 aromatic carbocycles. The Balaban J connectivity index is 1.71. The summed E-state index contributed by atoms with van der Waals surface area (Å²) < 4.78 is 0. The summed E-state index contributed by atoms with van der Waals surface area (Å²) >= 11 is 0. The number of likely N-dealkylation sites (tertiary alicyclic amines) is 1. The number of hydrogen-bond acceptors (Lipinski definition) is 2. The van der Waals surface area contributed by atoms with E-state index < -0.39 is 0 Å². The molecule has 0 radical (unpaired) electrons. The average Bonchev–Trinajstić information content (AvgIpc) is 2.59. The Hall–Kier alpha value is -0.0800. The number of rotatable bonds is 3. The fraction of sp³-hybridized carbons (Fsp3) is 1.00. The Kier molecular flexibility index (Phi) is 3.91. The minimum Gasteiger partial charge on any atom is -0.311 e. The highest BCUT2D eigenvalue weighted by Crippen LogP contribution is 2.37. The fourth-order valence-corrected chi connectivity index (χ4v) is 3.33. The first kappa shape index (κ1) is 12.4. The lowest BCUT2D eigenvalue weighted by molar-refractivity contribution is 0.197. The van der Waals surface area contributed by atoms with Crippen LogP contribution in [0.25, 0.3) is 0 Å². The molecule has 0 amide bonds. The van der Waals surface area contributed by atoms with E-state index in [1.807, 2.05) is 0 Å². The van der Waals surface area contributed by atoms with Crippen molar-refractivity contribution >= 4 is 0 Å². The van der Waals surface area contributed by atoms with E-state index in [0.717, 1.165) is 12.1 Å². The molecule has 2 heteroatoms. The Morgan fingerprint density at radius 3 is 2.31 bits per heavy atom. The summed E-state index contributed by atoms with van der Waals surface area (Å²) in [6, 6.07) is 1.59. The monoisotopic (exact) mass is 224 g/mol. The molecule has 2 fully saturated rings. The summed E-state index contributed by atoms with van der Waals surface area (Å²) in [5, 5.41) is 3.89. The molecule has 1 unspecified atom stereocenters. The molecule has 2 nitrogen and oxygen atoms in total. The molecular weight excluding hydrogens is 196 g/mol. The van der Waals surface area contributed by atoms with E-state index in [1.165, 1.54) is 51.7 Å². The Labute approximate surface area is 101 Å². The molecular formula is C14H28N2. The van der Waals surface area contributed by atoms with Crippen molar-refractivity contribution in [1.82, 2.24) is 10.2 Å². The van der Waals surface area contributed by atoms with Gasteiger partial charge in [-0.15, -0.1) is 0 Å². The van der Waals surface area contributed by atoms with Crippen LogP contribution in [-0.2, 0) is 0 Å². The van der Waals surface area contributed by atoms with Gasteiger partial charge in [0.1, 0.15) is 0 Å². The first-order chi connectivity index (χ1) is 7.59. The topological polar surface area (TPSA) is 15.3 Å². The van der Waals surface area contributed by atoms with E-state index in [2.05, 4.69) is 31.0 Å². The van der Waals surface area contributed by atoms with Crippen molar-refractivity contribution in [1.29, 1.82) is 0 Å². The molecule has 2 rings (SSSR count). The Bertz CT molecular complexity index is 217. The number of nitrogens with one attached hydrogen (secondary N) is 1. The average molecular weight is 224 g/mol. The van der Waals surface area contributed by atoms with Gasteiger partial charge >= 0.3 is 0 Å². The van der Waals surface area contributed by atoms with Crippen LogP contribution in [0.5, 0.6) is 0 Å². The number of nitrogens with zero attached hydrogens (tertiary/aromatic N) is 1. The van der Waals surface area contributed by atoms with Gasteiger partial charge < -0.3 is 10.2 Å². The third-order valence-corrected chi connectivity index (χ3v) is 4.47. The van der Waals surface area contributed by atoms with Crippen LogP contribution >= 0.6 is 0 Å². The van der Waals surface area contributed by atoms with Crippen LogP contribution in [-0.4, -0.2) is 36.6 Å². The van der Waals surface area contributed by atoms with Crippen molar-refractivity contribution in [3.05, 3.63) is 0 Å². The maximum Gasteiger partial charge on any atom is 0.00940 e. The zero-order chi connectivity index (χ0) is 11.6. The van der Waals surface area contributed by atoms with E-state index in [4.69, 9.17) is 0 Å². The van der Waals surface area contributed by atoms with Crippen molar-refractivity contribution in [2.75, 3.05) is 19.6 Å². The van der Waals surface area contributed by atoms with Crippen molar-refractivity contribution in [2.45, 2.75) is 65.0 Å². The Morgan fingerprint density at radius 1 is 1.12 bits per heavy atom. The molecule has 1 saturated heterocycles. The van der Waals surface area contributed by atoms with Gasteiger partial charge in [0.2, 0.25) is 0 Å². The predicted octanol–water partition coefficient (Wildman–Crippen LogP) is 2.64. The van der Waals surface area contributed by atoms with Gasteiger partial charge in [-0.25, -0.2) is 0 Å². The van der Waals surface area contributed by atoms with Crippen molar-refractivity contribution < 1.29 is 0 Å². The van der Waals surface area contributed by atoms with Gasteiger partial charge in [-0.2, -0.15) is 0 Å². The van der Waals surface area contributed by atoms with Crippen LogP contribution < -0.4 is 5.32 Å². The van der Waals surface area contributed by atoms with Gasteiger partial charge in [-0.05, 0) is 57.2 Å². The SMILES string of the molecule is CCN1CCC(NC2CCC(C)(C)C2)CC1. The van der Waals surface area contributed by atoms with E-state index >= 15 is 0 Å². The molecule has 0 aromatic rings. The fourth-order valence-electron chi connectivity index (χ4n) is 3.33. The molecule has 1 N–H and O–H groups in total. The molecule has 16 heavy (non-hydrogen) atoms. The van der Waals surface area contributed by atoms with E-state index in [1.54, 1.807) is 0 Å². The summed E-state index contributed by atoms with van der Waals surface area (Å²) in [5.74, 6) is 0. The minimum atomic E-state index is 0.585. The lowest BCUT2D eigenvalue weighted by Gasteiger charge is -2.33. The molecule has 1 aliphatic heterocycles. The second-order valence-corrected chi connectivity index (χ2v) is 6.48. The van der Waals surface area contributed by atoms with Crippen LogP contribution in [0.1, 0.15) is 52.9 Å². The van der Waals surface area contributed by atoms with Crippen LogP contribution in [0.4, 0.5) is 0 Å². The first-order valence-electron chi connectivity index (χ1n) is 7.07. The summed E-state index contributed by atoms with van der Waals surface area (Å²) in [7, 11) is 0. The second-order valence-electron chi connectivity index (χ2n) is 6.48. The molecule has 1 saturated carbocycles. The highest BCUT2D eigenvalue weighted by molar-refractivity contribution is 4.89. The zero-order valence-electron chi connectivity index (χ0n) is 11.3. The quantitative estimate of drug-likeness (QED) is 0.793. The van der Waals surface area contributed by atoms with E-state index in [-0.39, 0.29) is 0 Å². The summed E-state index contributed by atoms with van der Waals surface area (Å²) in [4.78, 5) is 2.57. The zero-order valence-corrected chi connectivity index (χ0v) is 11.3. The highest BCUT2D eigenvalue weighted by Gasteiger charge is 2.32. The molecule has 0 aromatic heterocycles. The molecule has 0 spiro atoms. The van der Waals surface area contributed by atoms with E-state index in [0.29, 0.717) is 5.41 Å². The van der Waals surface area contributed by atoms with Crippen molar-refractivity contribution in [3.63, 3.8) is 0 Å². The maximum atomic E-state index is 3.89. The maximum absolute atomic E-state index is 3.89. The van der Waals surface area contributed by atoms with E-state index in [9.17, 15) is 0 Å². The molecule has 0 bridgehead atoms. The summed E-state index contributed by atoms with van der Waals surface area (Å²) in [6.07, 6.45) is 6.87. The largest absolute Gasteiger partial charge is 0.311 e. The molecule has 1 heterocycles. The highest BCUT2D eigenvalue weighted by atomic mass is 15.1. The third-order valence-electron chi connectivity index (χ3n) is 4.47. The van der Waals surface area contributed by atoms with Gasteiger partial charge in [-0.1, -0.05) is 20.8 Å². The lowest BCUT2D eigenvalue weighted by Crippen LogP contribution is -2.45. The summed E-state index contributed by atoms with van der Waals surface area (Å²) in [5.41, 5.74) is 0.585. The minimum absolute atomic E-state index is 0.585. The Morgan fingerprint density at radius 2 is 1.81 bits per heavy atom. The third kappa shape index (κ3) is 3.21. The number of hydrogen-bond donors (Lipinski definition) is 1. The van der Waals surface area contributed by atoms with Crippen LogP contribution in [0.3, 0.4) is 0 Å². The molecule has 1 aliphatic carbocycles. The normalized spacial score (nSPS) is 32.1. The predicted molar refractivity (Wildman–Crippen MR) is 69.7 cm³/mol.